The third-order valence-electron chi connectivity index (χ3n) is 5.56. The minimum atomic E-state index is -4.84. The molecule has 1 saturated heterocycles. The molecule has 1 fully saturated rings. The highest BCUT2D eigenvalue weighted by atomic mass is 19.4. The van der Waals surface area contributed by atoms with Crippen LogP contribution in [0.1, 0.15) is 18.4 Å². The maximum atomic E-state index is 14.1. The number of pyridine rings is 1. The highest BCUT2D eigenvalue weighted by Gasteiger charge is 2.37. The third kappa shape index (κ3) is 4.38. The first-order valence-corrected chi connectivity index (χ1v) is 10.1. The molecule has 0 radical (unpaired) electrons. The largest absolute Gasteiger partial charge is 0.493 e. The summed E-state index contributed by atoms with van der Waals surface area (Å²) in [5.41, 5.74) is -2.19. The zero-order valence-corrected chi connectivity index (χ0v) is 17.7. The van der Waals surface area contributed by atoms with Gasteiger partial charge in [0.15, 0.2) is 11.4 Å². The molecule has 1 atom stereocenters. The number of hydrogen-bond acceptors (Lipinski definition) is 7. The van der Waals surface area contributed by atoms with E-state index in [1.54, 1.807) is 0 Å². The van der Waals surface area contributed by atoms with Crippen molar-refractivity contribution in [2.24, 2.45) is 0 Å². The number of nitrogens with one attached hydrogen (secondary N) is 1. The average Bonchev–Trinajstić information content (AvgIpc) is 3.26. The number of nitro benzene ring substituents is 1. The first-order chi connectivity index (χ1) is 16.1. The highest BCUT2D eigenvalue weighted by molar-refractivity contribution is 5.79. The lowest BCUT2D eigenvalue weighted by Gasteiger charge is -2.31. The zero-order chi connectivity index (χ0) is 24.6. The van der Waals surface area contributed by atoms with E-state index in [9.17, 15) is 33.2 Å². The maximum Gasteiger partial charge on any atom is 0.417 e. The number of piperidine rings is 1. The number of aromatic nitrogens is 3. The van der Waals surface area contributed by atoms with Gasteiger partial charge in [-0.2, -0.15) is 18.3 Å². The van der Waals surface area contributed by atoms with E-state index in [0.29, 0.717) is 18.9 Å². The van der Waals surface area contributed by atoms with Crippen LogP contribution in [0.15, 0.2) is 30.7 Å². The van der Waals surface area contributed by atoms with Crippen LogP contribution < -0.4 is 10.1 Å². The van der Waals surface area contributed by atoms with E-state index in [0.717, 1.165) is 11.0 Å². The predicted molar refractivity (Wildman–Crippen MR) is 113 cm³/mol. The average molecular weight is 480 g/mol. The minimum Gasteiger partial charge on any atom is -0.493 e. The molecular formula is C20H19F3N6O5. The van der Waals surface area contributed by atoms with Crippen molar-refractivity contribution in [1.29, 1.82) is 0 Å². The van der Waals surface area contributed by atoms with Crippen LogP contribution in [-0.4, -0.2) is 61.9 Å². The van der Waals surface area contributed by atoms with Crippen molar-refractivity contribution < 1.29 is 32.7 Å². The SMILES string of the molecule is COc1cc(-c2cc([N+](=O)[O-])c(NC3CCCN(C(=O)O)C3)cc2C(F)(F)F)cn2ncnc12. The normalized spacial score (nSPS) is 16.5. The molecule has 14 heteroatoms. The molecule has 0 aliphatic carbocycles. The predicted octanol–water partition coefficient (Wildman–Crippen LogP) is 3.89. The molecule has 1 aromatic carbocycles. The van der Waals surface area contributed by atoms with Crippen molar-refractivity contribution in [1.82, 2.24) is 19.5 Å². The molecule has 0 spiro atoms. The molecule has 4 rings (SSSR count). The van der Waals surface area contributed by atoms with Crippen LogP contribution in [-0.2, 0) is 6.18 Å². The number of nitrogens with zero attached hydrogens (tertiary/aromatic N) is 5. The van der Waals surface area contributed by atoms with E-state index in [1.165, 1.54) is 30.2 Å². The zero-order valence-electron chi connectivity index (χ0n) is 17.7. The summed E-state index contributed by atoms with van der Waals surface area (Å²) in [6.45, 7) is 0.282. The van der Waals surface area contributed by atoms with Gasteiger partial charge in [0.25, 0.3) is 5.69 Å². The van der Waals surface area contributed by atoms with Gasteiger partial charge in [-0.25, -0.2) is 14.3 Å². The fourth-order valence-electron chi connectivity index (χ4n) is 4.01. The molecule has 180 valence electrons. The number of methoxy groups -OCH3 is 1. The first-order valence-electron chi connectivity index (χ1n) is 10.1. The van der Waals surface area contributed by atoms with Crippen molar-refractivity contribution in [2.45, 2.75) is 25.1 Å². The van der Waals surface area contributed by atoms with Crippen molar-refractivity contribution in [3.8, 4) is 16.9 Å². The number of benzene rings is 1. The van der Waals surface area contributed by atoms with Gasteiger partial charge in [-0.15, -0.1) is 0 Å². The van der Waals surface area contributed by atoms with E-state index in [-0.39, 0.29) is 35.7 Å². The van der Waals surface area contributed by atoms with Crippen LogP contribution in [0.2, 0.25) is 0 Å². The number of hydrogen-bond donors (Lipinski definition) is 2. The summed E-state index contributed by atoms with van der Waals surface area (Å²) >= 11 is 0. The van der Waals surface area contributed by atoms with Crippen LogP contribution in [0, 0.1) is 10.1 Å². The van der Waals surface area contributed by atoms with Crippen LogP contribution >= 0.6 is 0 Å². The number of fused-ring (bicyclic) bond motifs is 1. The molecule has 2 aromatic heterocycles. The van der Waals surface area contributed by atoms with Gasteiger partial charge in [0.05, 0.1) is 17.6 Å². The van der Waals surface area contributed by atoms with Crippen LogP contribution in [0.5, 0.6) is 5.75 Å². The van der Waals surface area contributed by atoms with Crippen LogP contribution in [0.4, 0.5) is 29.3 Å². The van der Waals surface area contributed by atoms with Gasteiger partial charge in [0.2, 0.25) is 0 Å². The molecule has 0 bridgehead atoms. The highest BCUT2D eigenvalue weighted by Crippen LogP contribution is 2.43. The van der Waals surface area contributed by atoms with Gasteiger partial charge in [-0.05, 0) is 25.0 Å². The summed E-state index contributed by atoms with van der Waals surface area (Å²) in [5, 5.41) is 27.7. The molecule has 3 heterocycles. The number of alkyl halides is 3. The van der Waals surface area contributed by atoms with Crippen molar-refractivity contribution >= 4 is 23.1 Å². The first kappa shape index (κ1) is 23.1. The number of ether oxygens (including phenoxy) is 1. The number of nitro groups is 1. The van der Waals surface area contributed by atoms with Gasteiger partial charge >= 0.3 is 12.3 Å². The molecular weight excluding hydrogens is 461 g/mol. The summed E-state index contributed by atoms with van der Waals surface area (Å²) in [4.78, 5) is 27.4. The number of carboxylic acid groups (broad SMARTS) is 1. The smallest absolute Gasteiger partial charge is 0.417 e. The summed E-state index contributed by atoms with van der Waals surface area (Å²) in [7, 11) is 1.32. The summed E-state index contributed by atoms with van der Waals surface area (Å²) in [5.74, 6) is 0.143. The molecule has 0 saturated carbocycles. The number of amides is 1. The molecule has 1 aliphatic rings. The van der Waals surface area contributed by atoms with E-state index in [4.69, 9.17) is 4.74 Å². The number of halogens is 3. The molecule has 1 unspecified atom stereocenters. The van der Waals surface area contributed by atoms with Crippen molar-refractivity contribution in [2.75, 3.05) is 25.5 Å². The fraction of sp³-hybridized carbons (Fsp3) is 0.350. The lowest BCUT2D eigenvalue weighted by atomic mass is 9.97. The number of carbonyl (C=O) groups is 1. The Morgan fingerprint density at radius 1 is 1.35 bits per heavy atom. The topological polar surface area (TPSA) is 135 Å². The second-order valence-electron chi connectivity index (χ2n) is 7.71. The Kier molecular flexibility index (Phi) is 5.89. The number of rotatable bonds is 5. The van der Waals surface area contributed by atoms with Crippen molar-refractivity contribution in [3.63, 3.8) is 0 Å². The Bertz CT molecular complexity index is 1260. The quantitative estimate of drug-likeness (QED) is 0.415. The molecule has 34 heavy (non-hydrogen) atoms. The van der Waals surface area contributed by atoms with E-state index in [2.05, 4.69) is 15.4 Å². The van der Waals surface area contributed by atoms with Gasteiger partial charge < -0.3 is 20.1 Å². The summed E-state index contributed by atoms with van der Waals surface area (Å²) in [6.07, 6.45) is -2.61. The summed E-state index contributed by atoms with van der Waals surface area (Å²) in [6, 6.07) is 2.25. The van der Waals surface area contributed by atoms with Crippen LogP contribution in [0.3, 0.4) is 0 Å². The minimum absolute atomic E-state index is 0.00421. The number of likely N-dealkylation sites (tertiary alicyclic amines) is 1. The number of anilines is 1. The maximum absolute atomic E-state index is 14.1. The monoisotopic (exact) mass is 480 g/mol. The Morgan fingerprint density at radius 3 is 2.76 bits per heavy atom. The molecule has 2 N–H and O–H groups in total. The second-order valence-corrected chi connectivity index (χ2v) is 7.71. The lowest BCUT2D eigenvalue weighted by molar-refractivity contribution is -0.384. The van der Waals surface area contributed by atoms with Gasteiger partial charge in [-0.1, -0.05) is 0 Å². The van der Waals surface area contributed by atoms with Crippen molar-refractivity contribution in [3.05, 3.63) is 46.4 Å². The third-order valence-corrected chi connectivity index (χ3v) is 5.56. The molecule has 3 aromatic rings. The van der Waals surface area contributed by atoms with Gasteiger partial charge in [-0.3, -0.25) is 10.1 Å². The van der Waals surface area contributed by atoms with Crippen LogP contribution in [0.25, 0.3) is 16.8 Å². The summed E-state index contributed by atoms with van der Waals surface area (Å²) < 4.78 is 48.7. The molecule has 1 aliphatic heterocycles. The molecule has 11 nitrogen and oxygen atoms in total. The Labute approximate surface area is 189 Å². The van der Waals surface area contributed by atoms with E-state index < -0.39 is 40.0 Å². The lowest BCUT2D eigenvalue weighted by Crippen LogP contribution is -2.44. The van der Waals surface area contributed by atoms with E-state index >= 15 is 0 Å². The molecule has 1 amide bonds. The Balaban J connectivity index is 1.83. The standard InChI is InChI=1S/C20H19F3N6O5/c1-34-17-5-11(8-28-18(17)24-10-25-28)13-6-16(29(32)33)15(7-14(13)20(21,22)23)26-12-3-2-4-27(9-12)19(30)31/h5-8,10,12,26H,2-4,9H2,1H3,(H,30,31). The van der Waals surface area contributed by atoms with Gasteiger partial charge in [0.1, 0.15) is 12.0 Å². The second kappa shape index (κ2) is 8.68. The Morgan fingerprint density at radius 2 is 2.12 bits per heavy atom. The fourth-order valence-corrected chi connectivity index (χ4v) is 4.01. The Hall–Kier alpha value is -4.10. The van der Waals surface area contributed by atoms with E-state index in [1.807, 2.05) is 0 Å². The van der Waals surface area contributed by atoms with Gasteiger partial charge in [0, 0.05) is 42.5 Å².